The third kappa shape index (κ3) is 5.13. The van der Waals surface area contributed by atoms with Crippen LogP contribution >= 0.6 is 0 Å². The number of benzene rings is 2. The number of unbranched alkanes of at least 4 members (excludes halogenated alkanes) is 2. The SMILES string of the molecule is CCCCCn1nc(C(=O)OCc2ccc(C(=O)N3CCCC3)cc2)c2ccccc2c1=O. The number of esters is 1. The van der Waals surface area contributed by atoms with E-state index in [0.29, 0.717) is 22.9 Å². The first-order valence-electron chi connectivity index (χ1n) is 11.6. The Morgan fingerprint density at radius 3 is 2.36 bits per heavy atom. The second kappa shape index (κ2) is 10.4. The molecule has 0 atom stereocenters. The highest BCUT2D eigenvalue weighted by atomic mass is 16.5. The minimum absolute atomic E-state index is 0.0389. The van der Waals surface area contributed by atoms with E-state index in [9.17, 15) is 14.4 Å². The third-order valence-electron chi connectivity index (χ3n) is 6.00. The fourth-order valence-electron chi connectivity index (χ4n) is 4.11. The summed E-state index contributed by atoms with van der Waals surface area (Å²) in [6.07, 6.45) is 4.93. The van der Waals surface area contributed by atoms with E-state index in [4.69, 9.17) is 4.74 Å². The van der Waals surface area contributed by atoms with Gasteiger partial charge in [-0.1, -0.05) is 50.1 Å². The highest BCUT2D eigenvalue weighted by Crippen LogP contribution is 2.17. The Kier molecular flexibility index (Phi) is 7.17. The van der Waals surface area contributed by atoms with Crippen molar-refractivity contribution in [3.8, 4) is 0 Å². The standard InChI is InChI=1S/C26H29N3O4/c1-2-3-6-17-29-25(31)22-10-5-4-9-21(22)23(27-29)26(32)33-18-19-11-13-20(14-12-19)24(30)28-15-7-8-16-28/h4-5,9-14H,2-3,6-8,15-18H2,1H3. The van der Waals surface area contributed by atoms with Gasteiger partial charge in [0.05, 0.1) is 5.39 Å². The van der Waals surface area contributed by atoms with Crippen LogP contribution in [0.25, 0.3) is 10.8 Å². The monoisotopic (exact) mass is 447 g/mol. The third-order valence-corrected chi connectivity index (χ3v) is 6.00. The van der Waals surface area contributed by atoms with Gasteiger partial charge in [-0.25, -0.2) is 9.48 Å². The number of amides is 1. The molecule has 1 aliphatic heterocycles. The molecule has 172 valence electrons. The van der Waals surface area contributed by atoms with Crippen LogP contribution in [0.15, 0.2) is 53.3 Å². The van der Waals surface area contributed by atoms with E-state index >= 15 is 0 Å². The molecule has 0 saturated carbocycles. The topological polar surface area (TPSA) is 81.5 Å². The molecule has 1 fully saturated rings. The molecule has 33 heavy (non-hydrogen) atoms. The maximum absolute atomic E-state index is 12.9. The lowest BCUT2D eigenvalue weighted by atomic mass is 10.1. The largest absolute Gasteiger partial charge is 0.456 e. The molecule has 0 spiro atoms. The number of rotatable bonds is 8. The van der Waals surface area contributed by atoms with Gasteiger partial charge in [0.1, 0.15) is 6.61 Å². The number of nitrogens with zero attached hydrogens (tertiary/aromatic N) is 3. The predicted molar refractivity (Wildman–Crippen MR) is 126 cm³/mol. The van der Waals surface area contributed by atoms with Gasteiger partial charge < -0.3 is 9.64 Å². The lowest BCUT2D eigenvalue weighted by molar-refractivity contribution is 0.0465. The number of carbonyl (C=O) groups is 2. The first kappa shape index (κ1) is 22.7. The average molecular weight is 448 g/mol. The van der Waals surface area contributed by atoms with Gasteiger partial charge in [0.2, 0.25) is 0 Å². The predicted octanol–water partition coefficient (Wildman–Crippen LogP) is 4.18. The number of hydrogen-bond donors (Lipinski definition) is 0. The highest BCUT2D eigenvalue weighted by molar-refractivity contribution is 6.02. The lowest BCUT2D eigenvalue weighted by Crippen LogP contribution is -2.27. The molecule has 0 radical (unpaired) electrons. The quantitative estimate of drug-likeness (QED) is 0.382. The molecule has 7 heteroatoms. The van der Waals surface area contributed by atoms with Gasteiger partial charge in [-0.05, 0) is 43.0 Å². The Labute approximate surface area is 193 Å². The molecule has 3 aromatic rings. The number of aromatic nitrogens is 2. The number of carbonyl (C=O) groups excluding carboxylic acids is 2. The van der Waals surface area contributed by atoms with Gasteiger partial charge in [-0.15, -0.1) is 0 Å². The summed E-state index contributed by atoms with van der Waals surface area (Å²) in [5.74, 6) is -0.537. The fraction of sp³-hybridized carbons (Fsp3) is 0.385. The zero-order valence-electron chi connectivity index (χ0n) is 19.0. The average Bonchev–Trinajstić information content (AvgIpc) is 3.39. The van der Waals surface area contributed by atoms with Gasteiger partial charge in [0, 0.05) is 30.6 Å². The minimum Gasteiger partial charge on any atom is -0.456 e. The van der Waals surface area contributed by atoms with Gasteiger partial charge in [-0.2, -0.15) is 5.10 Å². The van der Waals surface area contributed by atoms with Crippen molar-refractivity contribution in [2.45, 2.75) is 52.2 Å². The minimum atomic E-state index is -0.576. The van der Waals surface area contributed by atoms with E-state index in [1.807, 2.05) is 4.90 Å². The molecule has 1 aliphatic rings. The summed E-state index contributed by atoms with van der Waals surface area (Å²) in [7, 11) is 0. The molecule has 4 rings (SSSR count). The van der Waals surface area contributed by atoms with Crippen molar-refractivity contribution in [3.05, 3.63) is 75.7 Å². The van der Waals surface area contributed by atoms with Crippen LogP contribution in [0, 0.1) is 0 Å². The zero-order valence-corrected chi connectivity index (χ0v) is 19.0. The van der Waals surface area contributed by atoms with Crippen molar-refractivity contribution in [3.63, 3.8) is 0 Å². The molecule has 7 nitrogen and oxygen atoms in total. The Morgan fingerprint density at radius 2 is 1.67 bits per heavy atom. The normalized spacial score (nSPS) is 13.4. The van der Waals surface area contributed by atoms with Gasteiger partial charge >= 0.3 is 5.97 Å². The van der Waals surface area contributed by atoms with E-state index < -0.39 is 5.97 Å². The summed E-state index contributed by atoms with van der Waals surface area (Å²) in [5, 5.41) is 5.30. The summed E-state index contributed by atoms with van der Waals surface area (Å²) >= 11 is 0. The molecule has 0 bridgehead atoms. The molecule has 2 heterocycles. The Morgan fingerprint density at radius 1 is 0.970 bits per heavy atom. The van der Waals surface area contributed by atoms with Crippen LogP contribution in [0.4, 0.5) is 0 Å². The second-order valence-electron chi connectivity index (χ2n) is 8.40. The number of ether oxygens (including phenoxy) is 1. The van der Waals surface area contributed by atoms with Crippen molar-refractivity contribution in [1.82, 2.24) is 14.7 Å². The number of hydrogen-bond acceptors (Lipinski definition) is 5. The van der Waals surface area contributed by atoms with Crippen LogP contribution in [0.1, 0.15) is 65.4 Å². The van der Waals surface area contributed by atoms with E-state index in [0.717, 1.165) is 50.8 Å². The van der Waals surface area contributed by atoms with E-state index in [-0.39, 0.29) is 23.8 Å². The summed E-state index contributed by atoms with van der Waals surface area (Å²) in [6.45, 7) is 4.22. The molecule has 0 unspecified atom stereocenters. The molecule has 1 saturated heterocycles. The smallest absolute Gasteiger partial charge is 0.359 e. The van der Waals surface area contributed by atoms with Crippen LogP contribution in [0.2, 0.25) is 0 Å². The molecule has 2 aromatic carbocycles. The van der Waals surface area contributed by atoms with Crippen LogP contribution in [-0.2, 0) is 17.9 Å². The van der Waals surface area contributed by atoms with Crippen molar-refractivity contribution in [1.29, 1.82) is 0 Å². The molecular formula is C26H29N3O4. The number of aryl methyl sites for hydroxylation is 1. The van der Waals surface area contributed by atoms with Crippen molar-refractivity contribution in [2.24, 2.45) is 0 Å². The van der Waals surface area contributed by atoms with E-state index in [1.54, 1.807) is 48.5 Å². The van der Waals surface area contributed by atoms with E-state index in [1.165, 1.54) is 4.68 Å². The van der Waals surface area contributed by atoms with Gasteiger partial charge in [-0.3, -0.25) is 9.59 Å². The summed E-state index contributed by atoms with van der Waals surface area (Å²) in [5.41, 5.74) is 1.36. The Balaban J connectivity index is 1.49. The zero-order chi connectivity index (χ0) is 23.2. The maximum atomic E-state index is 12.9. The Hall–Kier alpha value is -3.48. The summed E-state index contributed by atoms with van der Waals surface area (Å²) < 4.78 is 6.90. The molecular weight excluding hydrogens is 418 g/mol. The number of likely N-dealkylation sites (tertiary alicyclic amines) is 1. The molecule has 1 amide bonds. The van der Waals surface area contributed by atoms with E-state index in [2.05, 4.69) is 12.0 Å². The van der Waals surface area contributed by atoms with Crippen LogP contribution in [0.5, 0.6) is 0 Å². The first-order chi connectivity index (χ1) is 16.1. The Bertz CT molecular complexity index is 1190. The second-order valence-corrected chi connectivity index (χ2v) is 8.40. The lowest BCUT2D eigenvalue weighted by Gasteiger charge is -2.15. The number of fused-ring (bicyclic) bond motifs is 1. The molecule has 0 aliphatic carbocycles. The van der Waals surface area contributed by atoms with Crippen molar-refractivity contribution >= 4 is 22.6 Å². The first-order valence-corrected chi connectivity index (χ1v) is 11.6. The van der Waals surface area contributed by atoms with Crippen LogP contribution < -0.4 is 5.56 Å². The maximum Gasteiger partial charge on any atom is 0.359 e. The van der Waals surface area contributed by atoms with Crippen molar-refractivity contribution in [2.75, 3.05) is 13.1 Å². The fourth-order valence-corrected chi connectivity index (χ4v) is 4.11. The van der Waals surface area contributed by atoms with Crippen LogP contribution in [0.3, 0.4) is 0 Å². The summed E-state index contributed by atoms with van der Waals surface area (Å²) in [4.78, 5) is 40.0. The van der Waals surface area contributed by atoms with Crippen molar-refractivity contribution < 1.29 is 14.3 Å². The highest BCUT2D eigenvalue weighted by Gasteiger charge is 2.20. The van der Waals surface area contributed by atoms with Gasteiger partial charge in [0.15, 0.2) is 5.69 Å². The molecule has 0 N–H and O–H groups in total. The van der Waals surface area contributed by atoms with Crippen LogP contribution in [-0.4, -0.2) is 39.6 Å². The molecule has 1 aromatic heterocycles. The summed E-state index contributed by atoms with van der Waals surface area (Å²) in [6, 6.07) is 14.1. The van der Waals surface area contributed by atoms with Gasteiger partial charge in [0.25, 0.3) is 11.5 Å².